The minimum atomic E-state index is -3.78. The normalized spacial score (nSPS) is 18.9. The quantitative estimate of drug-likeness (QED) is 0.762. The second-order valence-corrected chi connectivity index (χ2v) is 8.26. The van der Waals surface area contributed by atoms with Gasteiger partial charge in [0, 0.05) is 18.0 Å². The van der Waals surface area contributed by atoms with Crippen molar-refractivity contribution >= 4 is 45.0 Å². The second kappa shape index (κ2) is 6.64. The first kappa shape index (κ1) is 17.7. The van der Waals surface area contributed by atoms with Crippen molar-refractivity contribution in [2.45, 2.75) is 25.3 Å². The maximum absolute atomic E-state index is 12.2. The van der Waals surface area contributed by atoms with Crippen LogP contribution in [0, 0.1) is 0 Å². The minimum absolute atomic E-state index is 0.0434. The summed E-state index contributed by atoms with van der Waals surface area (Å²) in [5, 5.41) is 5.23. The molecule has 0 spiro atoms. The molecule has 0 atom stereocenters. The third kappa shape index (κ3) is 3.93. The first-order valence-corrected chi connectivity index (χ1v) is 9.69. The number of benzene rings is 1. The number of nitrogens with one attached hydrogen (secondary N) is 2. The molecule has 1 heterocycles. The zero-order chi connectivity index (χ0) is 18.2. The van der Waals surface area contributed by atoms with Crippen LogP contribution in [0.15, 0.2) is 18.2 Å². The molecular weight excluding hydrogens is 370 g/mol. The number of hydrogen-bond donors (Lipinski definition) is 2. The maximum Gasteiger partial charge on any atom is 0.251 e. The van der Waals surface area contributed by atoms with Crippen molar-refractivity contribution in [2.75, 3.05) is 16.6 Å². The van der Waals surface area contributed by atoms with Crippen LogP contribution in [0.25, 0.3) is 0 Å². The fraction of sp³-hybridized carbons (Fsp3) is 0.400. The Kier molecular flexibility index (Phi) is 4.70. The lowest BCUT2D eigenvalue weighted by atomic mass is 10.2. The third-order valence-corrected chi connectivity index (χ3v) is 5.85. The van der Waals surface area contributed by atoms with E-state index in [2.05, 4.69) is 10.6 Å². The molecule has 1 saturated carbocycles. The van der Waals surface area contributed by atoms with Crippen LogP contribution in [0.5, 0.6) is 0 Å². The highest BCUT2D eigenvalue weighted by molar-refractivity contribution is 7.94. The zero-order valence-corrected chi connectivity index (χ0v) is 14.7. The molecule has 0 bridgehead atoms. The molecular formula is C15H16ClN3O5S. The average Bonchev–Trinajstić information content (AvgIpc) is 3.31. The highest BCUT2D eigenvalue weighted by atomic mass is 35.5. The van der Waals surface area contributed by atoms with Crippen LogP contribution < -0.4 is 14.9 Å². The van der Waals surface area contributed by atoms with E-state index in [0.717, 1.165) is 12.8 Å². The first-order valence-electron chi connectivity index (χ1n) is 7.71. The van der Waals surface area contributed by atoms with Gasteiger partial charge in [-0.25, -0.2) is 12.7 Å². The predicted molar refractivity (Wildman–Crippen MR) is 90.8 cm³/mol. The zero-order valence-electron chi connectivity index (χ0n) is 13.1. The van der Waals surface area contributed by atoms with Crippen LogP contribution in [0.3, 0.4) is 0 Å². The van der Waals surface area contributed by atoms with Gasteiger partial charge in [-0.15, -0.1) is 0 Å². The van der Waals surface area contributed by atoms with E-state index in [4.69, 9.17) is 11.6 Å². The second-order valence-electron chi connectivity index (χ2n) is 5.91. The molecule has 3 rings (SSSR count). The number of amides is 3. The fourth-order valence-electron chi connectivity index (χ4n) is 2.43. The molecule has 1 aliphatic heterocycles. The van der Waals surface area contributed by atoms with Crippen molar-refractivity contribution < 1.29 is 22.8 Å². The summed E-state index contributed by atoms with van der Waals surface area (Å²) in [5.74, 6) is -1.74. The fourth-order valence-corrected chi connectivity index (χ4v) is 4.15. The van der Waals surface area contributed by atoms with Crippen LogP contribution in [-0.4, -0.2) is 44.5 Å². The van der Waals surface area contributed by atoms with Gasteiger partial charge in [0.15, 0.2) is 0 Å². The summed E-state index contributed by atoms with van der Waals surface area (Å²) in [7, 11) is -3.78. The van der Waals surface area contributed by atoms with Crippen LogP contribution in [-0.2, 0) is 19.6 Å². The molecule has 1 saturated heterocycles. The van der Waals surface area contributed by atoms with Crippen LogP contribution >= 0.6 is 11.6 Å². The standard InChI is InChI=1S/C15H16ClN3O5S/c16-11-4-1-9(15(22)17-8-13(20)18-10-2-3-10)7-12(11)19-14(21)5-6-25(19,23)24/h1,4,7,10H,2-3,5-6,8H2,(H,17,22)(H,18,20). The number of rotatable bonds is 5. The van der Waals surface area contributed by atoms with Gasteiger partial charge in [0.1, 0.15) is 0 Å². The van der Waals surface area contributed by atoms with Crippen molar-refractivity contribution in [1.29, 1.82) is 0 Å². The van der Waals surface area contributed by atoms with Gasteiger partial charge in [-0.2, -0.15) is 0 Å². The molecule has 10 heteroatoms. The molecule has 2 N–H and O–H groups in total. The molecule has 1 aliphatic carbocycles. The number of carbonyl (C=O) groups is 3. The lowest BCUT2D eigenvalue weighted by Gasteiger charge is -2.17. The van der Waals surface area contributed by atoms with E-state index in [-0.39, 0.29) is 46.9 Å². The Morgan fingerprint density at radius 2 is 2.00 bits per heavy atom. The average molecular weight is 386 g/mol. The summed E-state index contributed by atoms with van der Waals surface area (Å²) in [6, 6.07) is 4.17. The van der Waals surface area contributed by atoms with Gasteiger partial charge < -0.3 is 10.6 Å². The Balaban J connectivity index is 1.75. The van der Waals surface area contributed by atoms with E-state index < -0.39 is 21.8 Å². The highest BCUT2D eigenvalue weighted by Crippen LogP contribution is 2.32. The van der Waals surface area contributed by atoms with Gasteiger partial charge in [0.05, 0.1) is 23.0 Å². The summed E-state index contributed by atoms with van der Waals surface area (Å²) in [6.45, 7) is -0.186. The van der Waals surface area contributed by atoms with Crippen LogP contribution in [0.1, 0.15) is 29.6 Å². The maximum atomic E-state index is 12.2. The molecule has 0 unspecified atom stereocenters. The summed E-state index contributed by atoms with van der Waals surface area (Å²) in [5.41, 5.74) is 0.0489. The first-order chi connectivity index (χ1) is 11.8. The van der Waals surface area contributed by atoms with Gasteiger partial charge >= 0.3 is 0 Å². The van der Waals surface area contributed by atoms with Gasteiger partial charge in [0.25, 0.3) is 5.91 Å². The predicted octanol–water partition coefficient (Wildman–Crippen LogP) is 0.415. The van der Waals surface area contributed by atoms with E-state index in [0.29, 0.717) is 4.31 Å². The molecule has 0 radical (unpaired) electrons. The lowest BCUT2D eigenvalue weighted by Crippen LogP contribution is -2.38. The van der Waals surface area contributed by atoms with E-state index in [9.17, 15) is 22.8 Å². The van der Waals surface area contributed by atoms with E-state index in [1.165, 1.54) is 18.2 Å². The van der Waals surface area contributed by atoms with Crippen molar-refractivity contribution in [3.8, 4) is 0 Å². The van der Waals surface area contributed by atoms with Crippen LogP contribution in [0.2, 0.25) is 5.02 Å². The number of anilines is 1. The van der Waals surface area contributed by atoms with E-state index in [1.807, 2.05) is 0 Å². The Morgan fingerprint density at radius 1 is 1.28 bits per heavy atom. The topological polar surface area (TPSA) is 113 Å². The monoisotopic (exact) mass is 385 g/mol. The van der Waals surface area contributed by atoms with Crippen molar-refractivity contribution in [2.24, 2.45) is 0 Å². The molecule has 0 aromatic heterocycles. The molecule has 134 valence electrons. The highest BCUT2D eigenvalue weighted by Gasteiger charge is 2.37. The number of sulfonamides is 1. The Morgan fingerprint density at radius 3 is 2.60 bits per heavy atom. The Labute approximate surface area is 149 Å². The Hall–Kier alpha value is -2.13. The van der Waals surface area contributed by atoms with Crippen molar-refractivity contribution in [3.05, 3.63) is 28.8 Å². The molecule has 3 amide bonds. The SMILES string of the molecule is O=C(CNC(=O)c1ccc(Cl)c(N2C(=O)CCS2(=O)=O)c1)NC1CC1. The van der Waals surface area contributed by atoms with Crippen molar-refractivity contribution in [3.63, 3.8) is 0 Å². The molecule has 1 aromatic rings. The minimum Gasteiger partial charge on any atom is -0.352 e. The lowest BCUT2D eigenvalue weighted by molar-refractivity contribution is -0.120. The van der Waals surface area contributed by atoms with E-state index >= 15 is 0 Å². The number of hydrogen-bond acceptors (Lipinski definition) is 5. The van der Waals surface area contributed by atoms with Gasteiger partial charge in [-0.1, -0.05) is 11.6 Å². The summed E-state index contributed by atoms with van der Waals surface area (Å²) < 4.78 is 24.7. The third-order valence-electron chi connectivity index (χ3n) is 3.86. The van der Waals surface area contributed by atoms with Gasteiger partial charge in [-0.3, -0.25) is 14.4 Å². The van der Waals surface area contributed by atoms with E-state index in [1.54, 1.807) is 0 Å². The molecule has 2 fully saturated rings. The van der Waals surface area contributed by atoms with Gasteiger partial charge in [0.2, 0.25) is 21.8 Å². The largest absolute Gasteiger partial charge is 0.352 e. The number of nitrogens with zero attached hydrogens (tertiary/aromatic N) is 1. The summed E-state index contributed by atoms with van der Waals surface area (Å²) in [6.07, 6.45) is 1.76. The molecule has 2 aliphatic rings. The summed E-state index contributed by atoms with van der Waals surface area (Å²) >= 11 is 6.01. The Bertz CT molecular complexity index is 851. The number of halogens is 1. The molecule has 1 aromatic carbocycles. The summed E-state index contributed by atoms with van der Waals surface area (Å²) in [4.78, 5) is 35.7. The van der Waals surface area contributed by atoms with Gasteiger partial charge in [-0.05, 0) is 31.0 Å². The van der Waals surface area contributed by atoms with Crippen molar-refractivity contribution in [1.82, 2.24) is 10.6 Å². The molecule has 8 nitrogen and oxygen atoms in total. The smallest absolute Gasteiger partial charge is 0.251 e. The molecule has 25 heavy (non-hydrogen) atoms. The van der Waals surface area contributed by atoms with Crippen LogP contribution in [0.4, 0.5) is 5.69 Å². The number of carbonyl (C=O) groups excluding carboxylic acids is 3.